The van der Waals surface area contributed by atoms with Gasteiger partial charge in [-0.1, -0.05) is 12.1 Å². The quantitative estimate of drug-likeness (QED) is 0.675. The van der Waals surface area contributed by atoms with E-state index in [2.05, 4.69) is 5.32 Å². The SMILES string of the molecule is Cc1cc2oc(=O)cc(CSCC(=O)Nc3ccccc3F)c2cc1C. The Morgan fingerprint density at radius 3 is 2.65 bits per heavy atom. The molecule has 0 spiro atoms. The van der Waals surface area contributed by atoms with Gasteiger partial charge in [-0.3, -0.25) is 4.79 Å². The average molecular weight is 371 g/mol. The van der Waals surface area contributed by atoms with Crippen molar-refractivity contribution in [1.29, 1.82) is 0 Å². The Hall–Kier alpha value is -2.60. The minimum Gasteiger partial charge on any atom is -0.423 e. The summed E-state index contributed by atoms with van der Waals surface area (Å²) in [5, 5.41) is 3.42. The van der Waals surface area contributed by atoms with E-state index >= 15 is 0 Å². The Morgan fingerprint density at radius 1 is 1.15 bits per heavy atom. The summed E-state index contributed by atoms with van der Waals surface area (Å²) in [4.78, 5) is 23.8. The van der Waals surface area contributed by atoms with Gasteiger partial charge in [-0.05, 0) is 54.8 Å². The zero-order valence-corrected chi connectivity index (χ0v) is 15.3. The molecular weight excluding hydrogens is 353 g/mol. The number of fused-ring (bicyclic) bond motifs is 1. The molecule has 0 bridgehead atoms. The number of amides is 1. The van der Waals surface area contributed by atoms with E-state index in [1.165, 1.54) is 30.0 Å². The molecule has 0 saturated carbocycles. The van der Waals surface area contributed by atoms with E-state index in [1.54, 1.807) is 12.1 Å². The minimum atomic E-state index is -0.469. The molecule has 6 heteroatoms. The largest absolute Gasteiger partial charge is 0.423 e. The topological polar surface area (TPSA) is 59.3 Å². The Morgan fingerprint density at radius 2 is 1.88 bits per heavy atom. The van der Waals surface area contributed by atoms with Gasteiger partial charge in [0.25, 0.3) is 0 Å². The zero-order chi connectivity index (χ0) is 18.7. The lowest BCUT2D eigenvalue weighted by atomic mass is 10.0. The highest BCUT2D eigenvalue weighted by Gasteiger charge is 2.10. The first-order chi connectivity index (χ1) is 12.4. The fourth-order valence-electron chi connectivity index (χ4n) is 2.60. The molecule has 3 aromatic rings. The summed E-state index contributed by atoms with van der Waals surface area (Å²) in [5.74, 6) is -0.126. The molecule has 0 fully saturated rings. The maximum Gasteiger partial charge on any atom is 0.336 e. The fourth-order valence-corrected chi connectivity index (χ4v) is 3.42. The molecule has 0 unspecified atom stereocenters. The minimum absolute atomic E-state index is 0.154. The summed E-state index contributed by atoms with van der Waals surface area (Å²) in [6, 6.07) is 11.3. The normalized spacial score (nSPS) is 10.9. The first-order valence-electron chi connectivity index (χ1n) is 8.10. The van der Waals surface area contributed by atoms with Crippen LogP contribution in [0, 0.1) is 19.7 Å². The van der Waals surface area contributed by atoms with E-state index in [0.717, 1.165) is 22.1 Å². The Balaban J connectivity index is 1.70. The predicted molar refractivity (Wildman–Crippen MR) is 103 cm³/mol. The monoisotopic (exact) mass is 371 g/mol. The Labute approximate surface area is 154 Å². The van der Waals surface area contributed by atoms with Gasteiger partial charge in [0, 0.05) is 17.2 Å². The van der Waals surface area contributed by atoms with Crippen LogP contribution in [0.2, 0.25) is 0 Å². The van der Waals surface area contributed by atoms with Gasteiger partial charge in [-0.2, -0.15) is 0 Å². The number of thioether (sulfide) groups is 1. The molecule has 0 saturated heterocycles. The third-order valence-electron chi connectivity index (χ3n) is 4.08. The molecular formula is C20H18FNO3S. The highest BCUT2D eigenvalue weighted by atomic mass is 32.2. The molecule has 3 rings (SSSR count). The summed E-state index contributed by atoms with van der Waals surface area (Å²) in [5.41, 5.74) is 3.28. The molecule has 1 N–H and O–H groups in total. The van der Waals surface area contributed by atoms with Crippen LogP contribution in [0.5, 0.6) is 0 Å². The van der Waals surface area contributed by atoms with Gasteiger partial charge < -0.3 is 9.73 Å². The number of halogens is 1. The van der Waals surface area contributed by atoms with Crippen molar-refractivity contribution < 1.29 is 13.6 Å². The molecule has 134 valence electrons. The summed E-state index contributed by atoms with van der Waals surface area (Å²) in [6.45, 7) is 3.96. The van der Waals surface area contributed by atoms with Crippen molar-refractivity contribution >= 4 is 34.3 Å². The summed E-state index contributed by atoms with van der Waals surface area (Å²) in [6.07, 6.45) is 0. The second-order valence-electron chi connectivity index (χ2n) is 6.04. The third-order valence-corrected chi connectivity index (χ3v) is 5.06. The number of para-hydroxylation sites is 1. The van der Waals surface area contributed by atoms with Crippen LogP contribution >= 0.6 is 11.8 Å². The first-order valence-corrected chi connectivity index (χ1v) is 9.25. The van der Waals surface area contributed by atoms with Gasteiger partial charge in [0.05, 0.1) is 11.4 Å². The molecule has 1 aromatic heterocycles. The van der Waals surface area contributed by atoms with Crippen LogP contribution in [-0.4, -0.2) is 11.7 Å². The van der Waals surface area contributed by atoms with Gasteiger partial charge >= 0.3 is 5.63 Å². The number of hydrogen-bond acceptors (Lipinski definition) is 4. The lowest BCUT2D eigenvalue weighted by molar-refractivity contribution is -0.113. The number of rotatable bonds is 5. The highest BCUT2D eigenvalue weighted by Crippen LogP contribution is 2.24. The summed E-state index contributed by atoms with van der Waals surface area (Å²) in [7, 11) is 0. The summed E-state index contributed by atoms with van der Waals surface area (Å²) >= 11 is 1.36. The molecule has 2 aromatic carbocycles. The van der Waals surface area contributed by atoms with Gasteiger partial charge in [-0.25, -0.2) is 9.18 Å². The predicted octanol–water partition coefficient (Wildman–Crippen LogP) is 4.42. The van der Waals surface area contributed by atoms with Crippen LogP contribution in [0.3, 0.4) is 0 Å². The number of hydrogen-bond donors (Lipinski definition) is 1. The molecule has 0 aliphatic carbocycles. The number of benzene rings is 2. The lowest BCUT2D eigenvalue weighted by Crippen LogP contribution is -2.15. The van der Waals surface area contributed by atoms with E-state index in [9.17, 15) is 14.0 Å². The number of aryl methyl sites for hydroxylation is 2. The Kier molecular flexibility index (Phi) is 5.42. The molecule has 1 heterocycles. The van der Waals surface area contributed by atoms with E-state index in [0.29, 0.717) is 11.3 Å². The van der Waals surface area contributed by atoms with Crippen molar-refractivity contribution in [3.63, 3.8) is 0 Å². The number of carbonyl (C=O) groups excluding carboxylic acids is 1. The summed E-state index contributed by atoms with van der Waals surface area (Å²) < 4.78 is 18.8. The van der Waals surface area contributed by atoms with E-state index in [4.69, 9.17) is 4.42 Å². The van der Waals surface area contributed by atoms with Gasteiger partial charge in [0.15, 0.2) is 0 Å². The van der Waals surface area contributed by atoms with E-state index in [1.807, 2.05) is 26.0 Å². The second-order valence-corrected chi connectivity index (χ2v) is 7.03. The van der Waals surface area contributed by atoms with Crippen LogP contribution in [0.15, 0.2) is 51.7 Å². The smallest absolute Gasteiger partial charge is 0.336 e. The number of anilines is 1. The van der Waals surface area contributed by atoms with E-state index in [-0.39, 0.29) is 17.3 Å². The van der Waals surface area contributed by atoms with Crippen LogP contribution in [0.25, 0.3) is 11.0 Å². The van der Waals surface area contributed by atoms with Gasteiger partial charge in [0.2, 0.25) is 5.91 Å². The van der Waals surface area contributed by atoms with Crippen LogP contribution in [0.4, 0.5) is 10.1 Å². The van der Waals surface area contributed by atoms with Gasteiger partial charge in [-0.15, -0.1) is 11.8 Å². The maximum atomic E-state index is 13.6. The molecule has 1 amide bonds. The van der Waals surface area contributed by atoms with Crippen LogP contribution in [0.1, 0.15) is 16.7 Å². The molecule has 4 nitrogen and oxygen atoms in total. The molecule has 0 aliphatic rings. The average Bonchev–Trinajstić information content (AvgIpc) is 2.58. The standard InChI is InChI=1S/C20H18FNO3S/c1-12-7-15-14(9-20(24)25-18(15)8-13(12)2)10-26-11-19(23)22-17-6-4-3-5-16(17)21/h3-9H,10-11H2,1-2H3,(H,22,23). The molecule has 26 heavy (non-hydrogen) atoms. The number of carbonyl (C=O) groups is 1. The maximum absolute atomic E-state index is 13.6. The molecule has 0 atom stereocenters. The highest BCUT2D eigenvalue weighted by molar-refractivity contribution is 7.99. The fraction of sp³-hybridized carbons (Fsp3) is 0.200. The van der Waals surface area contributed by atoms with Crippen molar-refractivity contribution in [2.45, 2.75) is 19.6 Å². The van der Waals surface area contributed by atoms with E-state index < -0.39 is 11.4 Å². The first kappa shape index (κ1) is 18.2. The lowest BCUT2D eigenvalue weighted by Gasteiger charge is -2.09. The van der Waals surface area contributed by atoms with Crippen LogP contribution < -0.4 is 10.9 Å². The zero-order valence-electron chi connectivity index (χ0n) is 14.5. The van der Waals surface area contributed by atoms with Crippen molar-refractivity contribution in [1.82, 2.24) is 0 Å². The Bertz CT molecular complexity index is 1030. The van der Waals surface area contributed by atoms with Crippen molar-refractivity contribution in [3.8, 4) is 0 Å². The van der Waals surface area contributed by atoms with Crippen molar-refractivity contribution in [2.75, 3.05) is 11.1 Å². The second kappa shape index (κ2) is 7.74. The van der Waals surface area contributed by atoms with Crippen LogP contribution in [-0.2, 0) is 10.5 Å². The third kappa shape index (κ3) is 4.14. The number of nitrogens with one attached hydrogen (secondary N) is 1. The van der Waals surface area contributed by atoms with Crippen molar-refractivity contribution in [2.24, 2.45) is 0 Å². The molecule has 0 radical (unpaired) electrons. The van der Waals surface area contributed by atoms with Gasteiger partial charge in [0.1, 0.15) is 11.4 Å². The van der Waals surface area contributed by atoms with Crippen molar-refractivity contribution in [3.05, 3.63) is 75.4 Å². The molecule has 0 aliphatic heterocycles.